The lowest BCUT2D eigenvalue weighted by Crippen LogP contribution is -2.56. The second-order valence-corrected chi connectivity index (χ2v) is 11.5. The molecule has 2 aromatic rings. The van der Waals surface area contributed by atoms with Crippen molar-refractivity contribution in [3.63, 3.8) is 0 Å². The van der Waals surface area contributed by atoms with Crippen molar-refractivity contribution in [2.75, 3.05) is 18.4 Å². The van der Waals surface area contributed by atoms with Crippen molar-refractivity contribution < 1.29 is 26.3 Å². The van der Waals surface area contributed by atoms with Crippen LogP contribution < -0.4 is 10.6 Å². The topological polar surface area (TPSA) is 91.0 Å². The number of hydrogen-bond acceptors (Lipinski definition) is 6. The Morgan fingerprint density at radius 2 is 1.76 bits per heavy atom. The van der Waals surface area contributed by atoms with Gasteiger partial charge in [-0.25, -0.2) is 4.39 Å². The normalized spacial score (nSPS) is 24.0. The highest BCUT2D eigenvalue weighted by Crippen LogP contribution is 2.33. The molecule has 3 amide bonds. The van der Waals surface area contributed by atoms with Gasteiger partial charge in [-0.2, -0.15) is 0 Å². The van der Waals surface area contributed by atoms with Gasteiger partial charge in [0.05, 0.1) is 13.9 Å². The minimum atomic E-state index is -2.30. The van der Waals surface area contributed by atoms with E-state index in [1.54, 1.807) is 30.3 Å². The first kappa shape index (κ1) is 23.8. The summed E-state index contributed by atoms with van der Waals surface area (Å²) in [6, 6.07) is 8.83. The molecule has 2 N–H and O–H groups in total. The number of morpholine rings is 1. The van der Waals surface area contributed by atoms with E-state index in [1.807, 2.05) is 27.7 Å². The molecule has 3 aliphatic heterocycles. The molecule has 0 aromatic heterocycles. The molecule has 0 radical (unpaired) electrons. The summed E-state index contributed by atoms with van der Waals surface area (Å²) in [5, 5.41) is 5.10. The maximum absolute atomic E-state index is 15.9. The third-order valence-electron chi connectivity index (χ3n) is 7.15. The minimum Gasteiger partial charge on any atom is -0.381 e. The Morgan fingerprint density at radius 3 is 2.47 bits per heavy atom. The van der Waals surface area contributed by atoms with Gasteiger partial charge in [0.25, 0.3) is 5.91 Å². The number of benzene rings is 2. The van der Waals surface area contributed by atoms with Crippen LogP contribution in [-0.2, 0) is 33.9 Å². The number of carbonyl (C=O) groups is 3. The second-order valence-electron chi connectivity index (χ2n) is 11.5. The number of ether oxygens (including phenoxy) is 1. The van der Waals surface area contributed by atoms with Crippen LogP contribution >= 0.6 is 0 Å². The van der Waals surface area contributed by atoms with Crippen LogP contribution in [0.3, 0.4) is 0 Å². The summed E-state index contributed by atoms with van der Waals surface area (Å²) in [6.45, 7) is 7.30. The van der Waals surface area contributed by atoms with E-state index in [4.69, 9.17) is 7.48 Å². The summed E-state index contributed by atoms with van der Waals surface area (Å²) in [7, 11) is 0. The lowest BCUT2D eigenvalue weighted by atomic mass is 9.98. The van der Waals surface area contributed by atoms with E-state index in [9.17, 15) is 14.4 Å². The van der Waals surface area contributed by atoms with Crippen LogP contribution in [0.5, 0.6) is 0 Å². The van der Waals surface area contributed by atoms with Crippen molar-refractivity contribution in [2.45, 2.75) is 77.4 Å². The number of imide groups is 1. The molecule has 2 fully saturated rings. The van der Waals surface area contributed by atoms with Crippen molar-refractivity contribution in [1.29, 1.82) is 0 Å². The SMILES string of the molecule is [2H]C([2H])(Nc1cccc2c1CN(C1CCC(=O)NC1=O)C2=O)c1cccc(CN2CC(C)(C)OC(C)(C)C2)c1F. The number of rotatable bonds is 6. The molecule has 38 heavy (non-hydrogen) atoms. The van der Waals surface area contributed by atoms with E-state index < -0.39 is 35.5 Å². The van der Waals surface area contributed by atoms with Crippen LogP contribution in [0.4, 0.5) is 10.1 Å². The highest BCUT2D eigenvalue weighted by Gasteiger charge is 2.40. The molecule has 1 atom stereocenters. The third-order valence-corrected chi connectivity index (χ3v) is 7.15. The molecule has 5 rings (SSSR count). The Bertz CT molecular complexity index is 1360. The number of halogens is 1. The summed E-state index contributed by atoms with van der Waals surface area (Å²) in [5.74, 6) is -1.88. The van der Waals surface area contributed by atoms with Crippen LogP contribution in [0.2, 0.25) is 0 Å². The van der Waals surface area contributed by atoms with Gasteiger partial charge < -0.3 is 15.0 Å². The molecule has 0 bridgehead atoms. The number of amides is 3. The maximum atomic E-state index is 15.9. The number of nitrogens with zero attached hydrogens (tertiary/aromatic N) is 2. The van der Waals surface area contributed by atoms with E-state index in [1.165, 1.54) is 11.0 Å². The first-order valence-electron chi connectivity index (χ1n) is 13.9. The number of fused-ring (bicyclic) bond motifs is 1. The summed E-state index contributed by atoms with van der Waals surface area (Å²) in [6.07, 6.45) is 0.364. The molecule has 2 aromatic carbocycles. The summed E-state index contributed by atoms with van der Waals surface area (Å²) < 4.78 is 39.6. The zero-order valence-electron chi connectivity index (χ0n) is 24.2. The molecular formula is C29H35FN4O4. The quantitative estimate of drug-likeness (QED) is 0.562. The maximum Gasteiger partial charge on any atom is 0.255 e. The van der Waals surface area contributed by atoms with Crippen LogP contribution in [0.15, 0.2) is 36.4 Å². The molecule has 1 unspecified atom stereocenters. The fourth-order valence-electron chi connectivity index (χ4n) is 5.93. The van der Waals surface area contributed by atoms with Crippen LogP contribution in [0.1, 0.15) is 70.3 Å². The molecule has 202 valence electrons. The number of nitrogens with one attached hydrogen (secondary N) is 2. The smallest absolute Gasteiger partial charge is 0.255 e. The van der Waals surface area contributed by atoms with Crippen LogP contribution in [0, 0.1) is 5.82 Å². The molecule has 0 saturated carbocycles. The second kappa shape index (κ2) is 9.78. The predicted molar refractivity (Wildman–Crippen MR) is 141 cm³/mol. The van der Waals surface area contributed by atoms with Crippen molar-refractivity contribution >= 4 is 23.4 Å². The lowest BCUT2D eigenvalue weighted by molar-refractivity contribution is -0.182. The lowest BCUT2D eigenvalue weighted by Gasteiger charge is -2.47. The van der Waals surface area contributed by atoms with E-state index in [0.717, 1.165) is 0 Å². The largest absolute Gasteiger partial charge is 0.381 e. The van der Waals surface area contributed by atoms with Gasteiger partial charge in [0.1, 0.15) is 11.9 Å². The average molecular weight is 525 g/mol. The number of piperidine rings is 1. The molecule has 3 heterocycles. The van der Waals surface area contributed by atoms with Crippen LogP contribution in [0.25, 0.3) is 0 Å². The van der Waals surface area contributed by atoms with Gasteiger partial charge in [-0.05, 0) is 46.2 Å². The van der Waals surface area contributed by atoms with Gasteiger partial charge >= 0.3 is 0 Å². The fourth-order valence-corrected chi connectivity index (χ4v) is 5.93. The molecule has 8 nitrogen and oxygen atoms in total. The number of anilines is 1. The monoisotopic (exact) mass is 524 g/mol. The van der Waals surface area contributed by atoms with Gasteiger partial charge in [0, 0.05) is 67.0 Å². The first-order chi connectivity index (χ1) is 18.7. The molecule has 0 spiro atoms. The molecular weight excluding hydrogens is 487 g/mol. The van der Waals surface area contributed by atoms with Crippen molar-refractivity contribution in [3.8, 4) is 0 Å². The Labute approximate surface area is 225 Å². The molecule has 9 heteroatoms. The molecule has 0 aliphatic carbocycles. The van der Waals surface area contributed by atoms with Gasteiger partial charge in [-0.3, -0.25) is 24.6 Å². The Hall–Kier alpha value is -3.30. The van der Waals surface area contributed by atoms with Gasteiger partial charge in [-0.15, -0.1) is 0 Å². The van der Waals surface area contributed by atoms with Gasteiger partial charge in [0.15, 0.2) is 0 Å². The average Bonchev–Trinajstić information content (AvgIpc) is 3.15. The highest BCUT2D eigenvalue weighted by atomic mass is 19.1. The molecule has 2 saturated heterocycles. The van der Waals surface area contributed by atoms with E-state index in [-0.39, 0.29) is 36.8 Å². The summed E-state index contributed by atoms with van der Waals surface area (Å²) in [5.41, 5.74) is 0.646. The van der Waals surface area contributed by atoms with Gasteiger partial charge in [-0.1, -0.05) is 24.3 Å². The first-order valence-corrected chi connectivity index (χ1v) is 12.9. The van der Waals surface area contributed by atoms with E-state index in [0.29, 0.717) is 42.0 Å². The van der Waals surface area contributed by atoms with Crippen molar-refractivity contribution in [1.82, 2.24) is 15.1 Å². The van der Waals surface area contributed by atoms with Crippen molar-refractivity contribution in [2.24, 2.45) is 0 Å². The number of hydrogen-bond donors (Lipinski definition) is 2. The van der Waals surface area contributed by atoms with E-state index >= 15 is 4.39 Å². The number of carbonyl (C=O) groups excluding carboxylic acids is 3. The standard InChI is InChI=1S/C29H35FN4O4/c1-28(2)16-33(17-29(3,4)38-28)14-19-8-5-7-18(25(19)30)13-31-22-10-6-9-20-21(22)15-34(27(20)37)23-11-12-24(35)32-26(23)36/h5-10,23,31H,11-17H2,1-4H3,(H,32,35,36)/i13D2. The Kier molecular flexibility index (Phi) is 6.12. The third kappa shape index (κ3) is 5.31. The zero-order valence-corrected chi connectivity index (χ0v) is 22.2. The van der Waals surface area contributed by atoms with Crippen LogP contribution in [-0.4, -0.2) is 57.9 Å². The van der Waals surface area contributed by atoms with Crippen molar-refractivity contribution in [3.05, 3.63) is 64.5 Å². The highest BCUT2D eigenvalue weighted by molar-refractivity contribution is 6.06. The minimum absolute atomic E-state index is 0.0742. The Morgan fingerprint density at radius 1 is 1.08 bits per heavy atom. The summed E-state index contributed by atoms with van der Waals surface area (Å²) >= 11 is 0. The zero-order chi connectivity index (χ0) is 29.0. The Balaban J connectivity index is 1.37. The summed E-state index contributed by atoms with van der Waals surface area (Å²) in [4.78, 5) is 40.7. The van der Waals surface area contributed by atoms with Gasteiger partial charge in [0.2, 0.25) is 11.8 Å². The molecule has 3 aliphatic rings. The van der Waals surface area contributed by atoms with E-state index in [2.05, 4.69) is 15.5 Å². The predicted octanol–water partition coefficient (Wildman–Crippen LogP) is 3.59. The fraction of sp³-hybridized carbons (Fsp3) is 0.483.